The van der Waals surface area contributed by atoms with E-state index in [-0.39, 0.29) is 24.2 Å². The molecule has 4 saturated heterocycles. The Kier molecular flexibility index (Phi) is 13.5. The van der Waals surface area contributed by atoms with Crippen LogP contribution in [0.25, 0.3) is 0 Å². The maximum Gasteiger partial charge on any atom is 0.272 e. The van der Waals surface area contributed by atoms with E-state index < -0.39 is 11.6 Å². The quantitative estimate of drug-likeness (QED) is 0.309. The van der Waals surface area contributed by atoms with Crippen LogP contribution in [0.5, 0.6) is 0 Å². The summed E-state index contributed by atoms with van der Waals surface area (Å²) in [6.07, 6.45) is 3.48. The minimum atomic E-state index is -2.42. The van der Waals surface area contributed by atoms with Gasteiger partial charge >= 0.3 is 0 Å². The number of ether oxygens (including phenoxy) is 1. The predicted molar refractivity (Wildman–Crippen MR) is 164 cm³/mol. The zero-order valence-corrected chi connectivity index (χ0v) is 28.5. The molecule has 0 aromatic rings. The monoisotopic (exact) mass is 579 g/mol. The third-order valence-corrected chi connectivity index (χ3v) is 8.18. The number of alkyl halides is 3. The van der Waals surface area contributed by atoms with Crippen molar-refractivity contribution >= 4 is 0 Å². The van der Waals surface area contributed by atoms with Crippen LogP contribution in [-0.4, -0.2) is 119 Å². The third-order valence-electron chi connectivity index (χ3n) is 8.18. The molecule has 4 fully saturated rings. The summed E-state index contributed by atoms with van der Waals surface area (Å²) in [5.74, 6) is -2.42. The van der Waals surface area contributed by atoms with Gasteiger partial charge in [-0.2, -0.15) is 0 Å². The lowest BCUT2D eigenvalue weighted by Crippen LogP contribution is -2.62. The van der Waals surface area contributed by atoms with Crippen LogP contribution in [0.2, 0.25) is 0 Å². The Bertz CT molecular complexity index is 712. The van der Waals surface area contributed by atoms with E-state index in [1.807, 2.05) is 20.8 Å². The predicted octanol–water partition coefficient (Wildman–Crippen LogP) is 6.95. The van der Waals surface area contributed by atoms with Crippen molar-refractivity contribution in [3.05, 3.63) is 0 Å². The molecule has 4 aliphatic rings. The number of nitrogens with zero attached hydrogens (tertiary/aromatic N) is 4. The van der Waals surface area contributed by atoms with Crippen LogP contribution in [0.15, 0.2) is 0 Å². The molecule has 0 radical (unpaired) electrons. The average Bonchev–Trinajstić information content (AvgIpc) is 3.42. The Morgan fingerprint density at radius 2 is 0.875 bits per heavy atom. The van der Waals surface area contributed by atoms with Crippen LogP contribution in [0.3, 0.4) is 0 Å². The van der Waals surface area contributed by atoms with Crippen molar-refractivity contribution < 1.29 is 17.9 Å². The molecular formula is C32H65F3N4O. The van der Waals surface area contributed by atoms with Gasteiger partial charge in [-0.1, -0.05) is 0 Å². The van der Waals surface area contributed by atoms with E-state index in [1.54, 1.807) is 11.8 Å². The van der Waals surface area contributed by atoms with Gasteiger partial charge in [0.15, 0.2) is 0 Å². The Morgan fingerprint density at radius 3 is 1.07 bits per heavy atom. The van der Waals surface area contributed by atoms with E-state index in [2.05, 4.69) is 77.0 Å². The van der Waals surface area contributed by atoms with E-state index in [4.69, 9.17) is 4.74 Å². The lowest BCUT2D eigenvalue weighted by molar-refractivity contribution is -0.160. The van der Waals surface area contributed by atoms with Crippen LogP contribution in [-0.2, 0) is 4.74 Å². The first-order valence-electron chi connectivity index (χ1n) is 15.5. The molecule has 0 amide bonds. The van der Waals surface area contributed by atoms with Crippen LogP contribution in [0, 0.1) is 0 Å². The second kappa shape index (κ2) is 14.4. The topological polar surface area (TPSA) is 22.2 Å². The molecule has 0 aromatic heterocycles. The van der Waals surface area contributed by atoms with Gasteiger partial charge in [0.25, 0.3) is 5.92 Å². The summed E-state index contributed by atoms with van der Waals surface area (Å²) in [6, 6.07) is 0. The van der Waals surface area contributed by atoms with E-state index in [9.17, 15) is 13.2 Å². The van der Waals surface area contributed by atoms with Gasteiger partial charge in [-0.3, -0.25) is 19.6 Å². The number of morpholine rings is 1. The van der Waals surface area contributed by atoms with Gasteiger partial charge in [-0.05, 0) is 122 Å². The highest BCUT2D eigenvalue weighted by atomic mass is 19.3. The van der Waals surface area contributed by atoms with Gasteiger partial charge in [0.1, 0.15) is 5.67 Å². The van der Waals surface area contributed by atoms with Gasteiger partial charge in [-0.15, -0.1) is 0 Å². The number of rotatable bonds is 0. The molecule has 0 saturated carbocycles. The van der Waals surface area contributed by atoms with E-state index in [1.165, 1.54) is 25.9 Å². The fourth-order valence-corrected chi connectivity index (χ4v) is 5.11. The molecule has 0 N–H and O–H groups in total. The Balaban J connectivity index is 0.000000267. The molecule has 4 rings (SSSR count). The zero-order chi connectivity index (χ0) is 31.2. The molecule has 40 heavy (non-hydrogen) atoms. The fraction of sp³-hybridized carbons (Fsp3) is 1.00. The van der Waals surface area contributed by atoms with Crippen LogP contribution >= 0.6 is 0 Å². The average molecular weight is 579 g/mol. The molecule has 0 spiro atoms. The first kappa shape index (κ1) is 37.6. The Hall–Kier alpha value is -0.410. The molecule has 240 valence electrons. The third kappa shape index (κ3) is 14.2. The second-order valence-electron chi connectivity index (χ2n) is 16.3. The maximum atomic E-state index is 13.3. The van der Waals surface area contributed by atoms with Crippen molar-refractivity contribution in [2.24, 2.45) is 0 Å². The van der Waals surface area contributed by atoms with Gasteiger partial charge in [0.05, 0.1) is 26.3 Å². The number of hydrogen-bond acceptors (Lipinski definition) is 5. The van der Waals surface area contributed by atoms with Crippen molar-refractivity contribution in [3.63, 3.8) is 0 Å². The maximum absolute atomic E-state index is 13.3. The number of hydrogen-bond donors (Lipinski definition) is 0. The van der Waals surface area contributed by atoms with Crippen molar-refractivity contribution in [2.75, 3.05) is 65.6 Å². The molecule has 1 atom stereocenters. The number of likely N-dealkylation sites (tertiary alicyclic amines) is 3. The van der Waals surface area contributed by atoms with Crippen LogP contribution in [0.4, 0.5) is 13.2 Å². The summed E-state index contributed by atoms with van der Waals surface area (Å²) in [4.78, 5) is 8.98. The lowest BCUT2D eigenvalue weighted by atomic mass is 9.99. The normalized spacial score (nSPS) is 27.0. The second-order valence-corrected chi connectivity index (χ2v) is 16.3. The largest absolute Gasteiger partial charge is 0.379 e. The van der Waals surface area contributed by atoms with Crippen LogP contribution in [0.1, 0.15) is 109 Å². The number of halogens is 3. The summed E-state index contributed by atoms with van der Waals surface area (Å²) in [7, 11) is 0. The highest BCUT2D eigenvalue weighted by Crippen LogP contribution is 2.32. The van der Waals surface area contributed by atoms with Crippen molar-refractivity contribution in [3.8, 4) is 0 Å². The van der Waals surface area contributed by atoms with Gasteiger partial charge in [0, 0.05) is 48.3 Å². The molecule has 5 nitrogen and oxygen atoms in total. The molecule has 4 heterocycles. The minimum absolute atomic E-state index is 0.0729. The zero-order valence-electron chi connectivity index (χ0n) is 28.5. The first-order chi connectivity index (χ1) is 17.8. The van der Waals surface area contributed by atoms with E-state index in [0.717, 1.165) is 32.8 Å². The molecule has 4 aliphatic heterocycles. The van der Waals surface area contributed by atoms with Gasteiger partial charge in [-0.25, -0.2) is 13.2 Å². The van der Waals surface area contributed by atoms with Gasteiger partial charge < -0.3 is 4.74 Å². The standard InChI is InChI=1S/C9H18FN.C8H17NO.C8H17N.C7H13F2N/c1-8(2,3)11-6-5-9(4,10)7-11;1-8(2,3)9-4-6-10-7-5-9;1-8(2,3)9-6-4-5-7-9;1-6(2,3)10-4-7(8,9)5-10/h5-7H2,1-4H3;4-7H2,1-3H3;4-7H2,1-3H3;4-5H2,1-3H3. The smallest absolute Gasteiger partial charge is 0.272 e. The molecule has 8 heteroatoms. The molecule has 0 aromatic carbocycles. The first-order valence-corrected chi connectivity index (χ1v) is 15.5. The Labute approximate surface area is 246 Å². The molecule has 0 bridgehead atoms. The van der Waals surface area contributed by atoms with E-state index >= 15 is 0 Å². The van der Waals surface area contributed by atoms with Gasteiger partial charge in [0.2, 0.25) is 0 Å². The van der Waals surface area contributed by atoms with E-state index in [0.29, 0.717) is 24.0 Å². The highest BCUT2D eigenvalue weighted by molar-refractivity contribution is 4.94. The Morgan fingerprint density at radius 1 is 0.500 bits per heavy atom. The lowest BCUT2D eigenvalue weighted by Gasteiger charge is -2.47. The summed E-state index contributed by atoms with van der Waals surface area (Å²) in [6.45, 7) is 35.5. The minimum Gasteiger partial charge on any atom is -0.379 e. The summed E-state index contributed by atoms with van der Waals surface area (Å²) in [5, 5.41) is 0. The molecule has 1 unspecified atom stereocenters. The van der Waals surface area contributed by atoms with Crippen molar-refractivity contribution in [1.82, 2.24) is 19.6 Å². The SMILES string of the molecule is CC(C)(C)N1CC(F)(F)C1.CC(C)(C)N1CCCC1.CC(C)(C)N1CCOCC1.CC1(F)CCN(C(C)(C)C)C1. The fourth-order valence-electron chi connectivity index (χ4n) is 5.11. The van der Waals surface area contributed by atoms with Crippen LogP contribution < -0.4 is 0 Å². The summed E-state index contributed by atoms with van der Waals surface area (Å²) in [5.41, 5.74) is -0.181. The summed E-state index contributed by atoms with van der Waals surface area (Å²) < 4.78 is 43.2. The highest BCUT2D eigenvalue weighted by Gasteiger charge is 2.47. The van der Waals surface area contributed by atoms with Crippen molar-refractivity contribution in [1.29, 1.82) is 0 Å². The van der Waals surface area contributed by atoms with Crippen molar-refractivity contribution in [2.45, 2.75) is 143 Å². The summed E-state index contributed by atoms with van der Waals surface area (Å²) >= 11 is 0. The molecule has 0 aliphatic carbocycles. The molecular weight excluding hydrogens is 513 g/mol.